The molecule has 0 fully saturated rings. The summed E-state index contributed by atoms with van der Waals surface area (Å²) in [5.41, 5.74) is 1.10. The van der Waals surface area contributed by atoms with Gasteiger partial charge in [-0.1, -0.05) is 55.9 Å². The number of amides is 1. The van der Waals surface area contributed by atoms with Crippen molar-refractivity contribution in [3.63, 3.8) is 0 Å². The summed E-state index contributed by atoms with van der Waals surface area (Å²) in [5.74, 6) is 1.62. The zero-order valence-electron chi connectivity index (χ0n) is 14.1. The van der Waals surface area contributed by atoms with E-state index >= 15 is 0 Å². The Hall–Kier alpha value is -1.82. The van der Waals surface area contributed by atoms with E-state index in [2.05, 4.69) is 47.8 Å². The quantitative estimate of drug-likeness (QED) is 0.790. The number of hydrogen-bond donors (Lipinski definition) is 1. The third-order valence-corrected chi connectivity index (χ3v) is 4.33. The van der Waals surface area contributed by atoms with Crippen molar-refractivity contribution in [3.8, 4) is 0 Å². The maximum Gasteiger partial charge on any atom is 0.230 e. The average Bonchev–Trinajstić information content (AvgIpc) is 2.96. The molecule has 0 aliphatic rings. The number of nitrogens with zero attached hydrogens (tertiary/aromatic N) is 3. The normalized spacial score (nSPS) is 11.2. The Balaban J connectivity index is 1.91. The number of rotatable bonds is 7. The van der Waals surface area contributed by atoms with Gasteiger partial charge in [0, 0.05) is 18.5 Å². The van der Waals surface area contributed by atoms with Crippen LogP contribution in [0, 0.1) is 0 Å². The second-order valence-corrected chi connectivity index (χ2v) is 6.95. The second kappa shape index (κ2) is 8.15. The van der Waals surface area contributed by atoms with E-state index in [4.69, 9.17) is 0 Å². The average molecular weight is 332 g/mol. The lowest BCUT2D eigenvalue weighted by Crippen LogP contribution is -2.24. The summed E-state index contributed by atoms with van der Waals surface area (Å²) in [6, 6.07) is 10.2. The highest BCUT2D eigenvalue weighted by molar-refractivity contribution is 7.99. The van der Waals surface area contributed by atoms with Crippen molar-refractivity contribution in [3.05, 3.63) is 41.7 Å². The highest BCUT2D eigenvalue weighted by atomic mass is 32.2. The molecule has 0 unspecified atom stereocenters. The molecule has 2 aromatic rings. The van der Waals surface area contributed by atoms with Crippen LogP contribution in [0.5, 0.6) is 0 Å². The van der Waals surface area contributed by atoms with Gasteiger partial charge in [-0.2, -0.15) is 0 Å². The number of aromatic nitrogens is 3. The van der Waals surface area contributed by atoms with Gasteiger partial charge in [-0.25, -0.2) is 0 Å². The van der Waals surface area contributed by atoms with E-state index in [0.29, 0.717) is 18.2 Å². The minimum Gasteiger partial charge on any atom is -0.351 e. The van der Waals surface area contributed by atoms with Gasteiger partial charge in [-0.05, 0) is 19.4 Å². The minimum absolute atomic E-state index is 0.00301. The number of nitrogens with one attached hydrogen (secondary N) is 1. The van der Waals surface area contributed by atoms with Crippen molar-refractivity contribution in [1.82, 2.24) is 20.1 Å². The fourth-order valence-electron chi connectivity index (χ4n) is 2.24. The molecule has 5 nitrogen and oxygen atoms in total. The van der Waals surface area contributed by atoms with Crippen molar-refractivity contribution in [1.29, 1.82) is 0 Å². The zero-order chi connectivity index (χ0) is 16.8. The van der Waals surface area contributed by atoms with Crippen LogP contribution in [0.25, 0.3) is 0 Å². The highest BCUT2D eigenvalue weighted by Gasteiger charge is 2.18. The SMILES string of the molecule is CC(C)c1nnc(SCC(=O)NCc2ccccc2)n1C(C)C. The van der Waals surface area contributed by atoms with Crippen LogP contribution in [0.2, 0.25) is 0 Å². The molecule has 2 rings (SSSR count). The number of hydrogen-bond acceptors (Lipinski definition) is 4. The molecular formula is C17H24N4OS. The molecule has 1 N–H and O–H groups in total. The van der Waals surface area contributed by atoms with Crippen LogP contribution in [-0.4, -0.2) is 26.4 Å². The molecule has 0 saturated heterocycles. The molecule has 124 valence electrons. The Labute approximate surface area is 141 Å². The van der Waals surface area contributed by atoms with E-state index in [1.165, 1.54) is 11.8 Å². The van der Waals surface area contributed by atoms with E-state index < -0.39 is 0 Å². The molecule has 6 heteroatoms. The number of thioether (sulfide) groups is 1. The van der Waals surface area contributed by atoms with E-state index in [1.807, 2.05) is 30.3 Å². The van der Waals surface area contributed by atoms with Gasteiger partial charge in [0.05, 0.1) is 5.75 Å². The molecule has 0 spiro atoms. The lowest BCUT2D eigenvalue weighted by Gasteiger charge is -2.15. The van der Waals surface area contributed by atoms with Crippen molar-refractivity contribution < 1.29 is 4.79 Å². The van der Waals surface area contributed by atoms with Crippen molar-refractivity contribution >= 4 is 17.7 Å². The molecular weight excluding hydrogens is 308 g/mol. The number of benzene rings is 1. The molecule has 1 aromatic heterocycles. The Bertz CT molecular complexity index is 637. The summed E-state index contributed by atoms with van der Waals surface area (Å²) in [6.07, 6.45) is 0. The van der Waals surface area contributed by atoms with Gasteiger partial charge in [0.15, 0.2) is 5.16 Å². The van der Waals surface area contributed by atoms with Crippen LogP contribution in [0.1, 0.15) is 51.0 Å². The summed E-state index contributed by atoms with van der Waals surface area (Å²) in [4.78, 5) is 12.0. The number of carbonyl (C=O) groups excluding carboxylic acids is 1. The first-order chi connectivity index (χ1) is 11.0. The molecule has 0 aliphatic carbocycles. The second-order valence-electron chi connectivity index (χ2n) is 6.01. The lowest BCUT2D eigenvalue weighted by atomic mass is 10.2. The van der Waals surface area contributed by atoms with E-state index in [9.17, 15) is 4.79 Å². The molecule has 0 radical (unpaired) electrons. The first-order valence-corrected chi connectivity index (χ1v) is 8.85. The summed E-state index contributed by atoms with van der Waals surface area (Å²) < 4.78 is 2.11. The zero-order valence-corrected chi connectivity index (χ0v) is 14.9. The van der Waals surface area contributed by atoms with Gasteiger partial charge >= 0.3 is 0 Å². The molecule has 1 aromatic carbocycles. The Morgan fingerprint density at radius 1 is 1.17 bits per heavy atom. The topological polar surface area (TPSA) is 59.8 Å². The Morgan fingerprint density at radius 2 is 1.87 bits per heavy atom. The molecule has 0 saturated carbocycles. The summed E-state index contributed by atoms with van der Waals surface area (Å²) in [7, 11) is 0. The third kappa shape index (κ3) is 4.82. The smallest absolute Gasteiger partial charge is 0.230 e. The van der Waals surface area contributed by atoms with Crippen LogP contribution in [0.15, 0.2) is 35.5 Å². The molecule has 1 heterocycles. The van der Waals surface area contributed by atoms with Gasteiger partial charge in [0.2, 0.25) is 5.91 Å². The van der Waals surface area contributed by atoms with Crippen LogP contribution in [0.3, 0.4) is 0 Å². The molecule has 0 atom stereocenters. The Morgan fingerprint density at radius 3 is 2.48 bits per heavy atom. The van der Waals surface area contributed by atoms with Gasteiger partial charge < -0.3 is 9.88 Å². The molecule has 0 aliphatic heterocycles. The van der Waals surface area contributed by atoms with Crippen LogP contribution >= 0.6 is 11.8 Å². The maximum absolute atomic E-state index is 12.0. The van der Waals surface area contributed by atoms with Gasteiger partial charge in [-0.15, -0.1) is 10.2 Å². The monoisotopic (exact) mass is 332 g/mol. The fraction of sp³-hybridized carbons (Fsp3) is 0.471. The molecule has 1 amide bonds. The fourth-order valence-corrected chi connectivity index (χ4v) is 3.15. The largest absolute Gasteiger partial charge is 0.351 e. The van der Waals surface area contributed by atoms with Crippen molar-refractivity contribution in [2.24, 2.45) is 0 Å². The van der Waals surface area contributed by atoms with Crippen molar-refractivity contribution in [2.45, 2.75) is 51.4 Å². The highest BCUT2D eigenvalue weighted by Crippen LogP contribution is 2.25. The molecule has 23 heavy (non-hydrogen) atoms. The van der Waals surface area contributed by atoms with Crippen LogP contribution in [-0.2, 0) is 11.3 Å². The summed E-state index contributed by atoms with van der Waals surface area (Å²) in [6.45, 7) is 8.96. The Kier molecular flexibility index (Phi) is 6.21. The van der Waals surface area contributed by atoms with Gasteiger partial charge in [0.25, 0.3) is 0 Å². The standard InChI is InChI=1S/C17H24N4OS/c1-12(2)16-19-20-17(21(16)13(3)4)23-11-15(22)18-10-14-8-6-5-7-9-14/h5-9,12-13H,10-11H2,1-4H3,(H,18,22). The predicted octanol–water partition coefficient (Wildman–Crippen LogP) is 3.39. The molecule has 0 bridgehead atoms. The maximum atomic E-state index is 12.0. The predicted molar refractivity (Wildman–Crippen MR) is 93.5 cm³/mol. The van der Waals surface area contributed by atoms with E-state index in [-0.39, 0.29) is 11.9 Å². The number of carbonyl (C=O) groups is 1. The summed E-state index contributed by atoms with van der Waals surface area (Å²) >= 11 is 1.43. The van der Waals surface area contributed by atoms with Crippen LogP contribution in [0.4, 0.5) is 0 Å². The third-order valence-electron chi connectivity index (χ3n) is 3.39. The first kappa shape index (κ1) is 17.5. The minimum atomic E-state index is 0.00301. The van der Waals surface area contributed by atoms with Gasteiger partial charge in [-0.3, -0.25) is 4.79 Å². The van der Waals surface area contributed by atoms with Gasteiger partial charge in [0.1, 0.15) is 5.82 Å². The van der Waals surface area contributed by atoms with E-state index in [1.54, 1.807) is 0 Å². The van der Waals surface area contributed by atoms with E-state index in [0.717, 1.165) is 16.5 Å². The lowest BCUT2D eigenvalue weighted by molar-refractivity contribution is -0.118. The first-order valence-electron chi connectivity index (χ1n) is 7.87. The van der Waals surface area contributed by atoms with Crippen LogP contribution < -0.4 is 5.32 Å². The summed E-state index contributed by atoms with van der Waals surface area (Å²) in [5, 5.41) is 12.2. The van der Waals surface area contributed by atoms with Crippen molar-refractivity contribution in [2.75, 3.05) is 5.75 Å².